The van der Waals surface area contributed by atoms with Crippen LogP contribution in [0.4, 0.5) is 16.2 Å². The first-order valence-electron chi connectivity index (χ1n) is 7.20. The lowest BCUT2D eigenvalue weighted by atomic mass is 10.2. The van der Waals surface area contributed by atoms with Crippen LogP contribution >= 0.6 is 11.6 Å². The van der Waals surface area contributed by atoms with Crippen molar-refractivity contribution in [2.75, 3.05) is 10.6 Å². The molecule has 1 aromatic heterocycles. The number of halogens is 1. The summed E-state index contributed by atoms with van der Waals surface area (Å²) in [5.41, 5.74) is 1.70. The maximum absolute atomic E-state index is 12.0. The SMILES string of the molecule is O=C(Nc1ccc(NC(=O)c2ccc(Cl)nc2)cc1)NC1CC1. The lowest BCUT2D eigenvalue weighted by Gasteiger charge is -2.08. The van der Waals surface area contributed by atoms with Crippen molar-refractivity contribution < 1.29 is 9.59 Å². The molecule has 1 saturated carbocycles. The van der Waals surface area contributed by atoms with Gasteiger partial charge >= 0.3 is 6.03 Å². The van der Waals surface area contributed by atoms with E-state index in [1.807, 2.05) is 0 Å². The van der Waals surface area contributed by atoms with Gasteiger partial charge in [0.15, 0.2) is 0 Å². The van der Waals surface area contributed by atoms with Gasteiger partial charge in [-0.1, -0.05) is 11.6 Å². The number of amides is 3. The normalized spacial score (nSPS) is 13.3. The highest BCUT2D eigenvalue weighted by atomic mass is 35.5. The van der Waals surface area contributed by atoms with Crippen LogP contribution in [0, 0.1) is 0 Å². The van der Waals surface area contributed by atoms with E-state index < -0.39 is 0 Å². The Morgan fingerprint density at radius 1 is 1.00 bits per heavy atom. The second-order valence-electron chi connectivity index (χ2n) is 5.27. The van der Waals surface area contributed by atoms with E-state index in [4.69, 9.17) is 11.6 Å². The molecule has 2 aromatic rings. The number of carbonyl (C=O) groups excluding carboxylic acids is 2. The van der Waals surface area contributed by atoms with Crippen LogP contribution in [0.25, 0.3) is 0 Å². The van der Waals surface area contributed by atoms with Crippen molar-refractivity contribution in [1.82, 2.24) is 10.3 Å². The zero-order chi connectivity index (χ0) is 16.2. The molecule has 3 rings (SSSR count). The maximum atomic E-state index is 12.0. The molecule has 6 nitrogen and oxygen atoms in total. The predicted molar refractivity (Wildman–Crippen MR) is 88.8 cm³/mol. The van der Waals surface area contributed by atoms with Gasteiger partial charge in [0.2, 0.25) is 0 Å². The third-order valence-corrected chi connectivity index (χ3v) is 3.53. The molecule has 1 aliphatic carbocycles. The molecule has 0 bridgehead atoms. The first kappa shape index (κ1) is 15.3. The average molecular weight is 331 g/mol. The van der Waals surface area contributed by atoms with Gasteiger partial charge in [-0.2, -0.15) is 0 Å². The minimum atomic E-state index is -0.277. The molecule has 1 aromatic carbocycles. The molecule has 0 saturated heterocycles. The van der Waals surface area contributed by atoms with Gasteiger partial charge in [-0.3, -0.25) is 4.79 Å². The summed E-state index contributed by atoms with van der Waals surface area (Å²) in [7, 11) is 0. The standard InChI is InChI=1S/C16H15ClN4O2/c17-14-8-1-10(9-18-14)15(22)19-11-2-4-12(5-3-11)20-16(23)21-13-6-7-13/h1-5,8-9,13H,6-7H2,(H,19,22)(H2,20,21,23). The van der Waals surface area contributed by atoms with Gasteiger partial charge in [0.05, 0.1) is 5.56 Å². The van der Waals surface area contributed by atoms with Crippen molar-refractivity contribution in [2.45, 2.75) is 18.9 Å². The summed E-state index contributed by atoms with van der Waals surface area (Å²) >= 11 is 5.69. The molecular formula is C16H15ClN4O2. The highest BCUT2D eigenvalue weighted by Gasteiger charge is 2.23. The third kappa shape index (κ3) is 4.43. The number of nitrogens with one attached hydrogen (secondary N) is 3. The van der Waals surface area contributed by atoms with E-state index in [0.29, 0.717) is 28.1 Å². The molecule has 7 heteroatoms. The van der Waals surface area contributed by atoms with E-state index in [2.05, 4.69) is 20.9 Å². The number of rotatable bonds is 4. The minimum absolute atomic E-state index is 0.212. The highest BCUT2D eigenvalue weighted by molar-refractivity contribution is 6.29. The molecule has 0 radical (unpaired) electrons. The Kier molecular flexibility index (Phi) is 4.43. The summed E-state index contributed by atoms with van der Waals surface area (Å²) in [6.07, 6.45) is 3.49. The van der Waals surface area contributed by atoms with E-state index in [1.54, 1.807) is 36.4 Å². The molecule has 1 fully saturated rings. The Balaban J connectivity index is 1.57. The second kappa shape index (κ2) is 6.66. The smallest absolute Gasteiger partial charge is 0.319 e. The summed E-state index contributed by atoms with van der Waals surface area (Å²) in [5.74, 6) is -0.277. The fraction of sp³-hybridized carbons (Fsp3) is 0.188. The molecular weight excluding hydrogens is 316 g/mol. The third-order valence-electron chi connectivity index (χ3n) is 3.30. The topological polar surface area (TPSA) is 83.1 Å². The van der Waals surface area contributed by atoms with E-state index in [0.717, 1.165) is 12.8 Å². The van der Waals surface area contributed by atoms with E-state index >= 15 is 0 Å². The molecule has 118 valence electrons. The molecule has 0 aliphatic heterocycles. The van der Waals surface area contributed by atoms with Crippen LogP contribution < -0.4 is 16.0 Å². The van der Waals surface area contributed by atoms with Crippen LogP contribution in [0.1, 0.15) is 23.2 Å². The molecule has 23 heavy (non-hydrogen) atoms. The summed E-state index contributed by atoms with van der Waals surface area (Å²) in [4.78, 5) is 27.5. The van der Waals surface area contributed by atoms with Crippen LogP contribution in [0.5, 0.6) is 0 Å². The van der Waals surface area contributed by atoms with Crippen LogP contribution in [0.15, 0.2) is 42.6 Å². The number of aromatic nitrogens is 1. The zero-order valence-electron chi connectivity index (χ0n) is 12.2. The quantitative estimate of drug-likeness (QED) is 0.752. The second-order valence-corrected chi connectivity index (χ2v) is 5.66. The van der Waals surface area contributed by atoms with Crippen molar-refractivity contribution in [2.24, 2.45) is 0 Å². The summed E-state index contributed by atoms with van der Waals surface area (Å²) in [6.45, 7) is 0. The number of urea groups is 1. The van der Waals surface area contributed by atoms with Gasteiger partial charge in [-0.25, -0.2) is 9.78 Å². The average Bonchev–Trinajstić information content (AvgIpc) is 3.33. The van der Waals surface area contributed by atoms with Gasteiger partial charge in [0, 0.05) is 23.6 Å². The fourth-order valence-corrected chi connectivity index (χ4v) is 2.04. The zero-order valence-corrected chi connectivity index (χ0v) is 12.9. The summed E-state index contributed by atoms with van der Waals surface area (Å²) in [6, 6.07) is 10.1. The van der Waals surface area contributed by atoms with E-state index in [1.165, 1.54) is 6.20 Å². The number of hydrogen-bond donors (Lipinski definition) is 3. The number of hydrogen-bond acceptors (Lipinski definition) is 3. The molecule has 0 atom stereocenters. The summed E-state index contributed by atoms with van der Waals surface area (Å²) in [5, 5.41) is 8.67. The van der Waals surface area contributed by atoms with Gasteiger partial charge in [-0.15, -0.1) is 0 Å². The fourth-order valence-electron chi connectivity index (χ4n) is 1.93. The lowest BCUT2D eigenvalue weighted by Crippen LogP contribution is -2.30. The number of pyridine rings is 1. The van der Waals surface area contributed by atoms with Crippen LogP contribution in [0.3, 0.4) is 0 Å². The minimum Gasteiger partial charge on any atom is -0.335 e. The van der Waals surface area contributed by atoms with Crippen molar-refractivity contribution in [3.05, 3.63) is 53.3 Å². The number of carbonyl (C=O) groups is 2. The number of anilines is 2. The van der Waals surface area contributed by atoms with Crippen molar-refractivity contribution in [3.63, 3.8) is 0 Å². The van der Waals surface area contributed by atoms with Crippen molar-refractivity contribution in [3.8, 4) is 0 Å². The maximum Gasteiger partial charge on any atom is 0.319 e. The lowest BCUT2D eigenvalue weighted by molar-refractivity contribution is 0.102. The molecule has 1 heterocycles. The van der Waals surface area contributed by atoms with Crippen LogP contribution in [0.2, 0.25) is 5.15 Å². The van der Waals surface area contributed by atoms with Crippen molar-refractivity contribution in [1.29, 1.82) is 0 Å². The Hall–Kier alpha value is -2.60. The predicted octanol–water partition coefficient (Wildman–Crippen LogP) is 3.27. The molecule has 3 amide bonds. The molecule has 0 unspecified atom stereocenters. The number of benzene rings is 1. The molecule has 1 aliphatic rings. The monoisotopic (exact) mass is 330 g/mol. The van der Waals surface area contributed by atoms with Gasteiger partial charge in [-0.05, 0) is 49.2 Å². The van der Waals surface area contributed by atoms with E-state index in [9.17, 15) is 9.59 Å². The van der Waals surface area contributed by atoms with Crippen LogP contribution in [-0.2, 0) is 0 Å². The Bertz CT molecular complexity index is 712. The summed E-state index contributed by atoms with van der Waals surface area (Å²) < 4.78 is 0. The van der Waals surface area contributed by atoms with Crippen molar-refractivity contribution >= 4 is 34.9 Å². The molecule has 3 N–H and O–H groups in total. The van der Waals surface area contributed by atoms with E-state index in [-0.39, 0.29) is 11.9 Å². The number of nitrogens with zero attached hydrogens (tertiary/aromatic N) is 1. The highest BCUT2D eigenvalue weighted by Crippen LogP contribution is 2.19. The largest absolute Gasteiger partial charge is 0.335 e. The Labute approximate surface area is 138 Å². The molecule has 0 spiro atoms. The first-order chi connectivity index (χ1) is 11.1. The Morgan fingerprint density at radius 2 is 1.65 bits per heavy atom. The Morgan fingerprint density at radius 3 is 2.22 bits per heavy atom. The van der Waals surface area contributed by atoms with Gasteiger partial charge in [0.25, 0.3) is 5.91 Å². The van der Waals surface area contributed by atoms with Crippen LogP contribution in [-0.4, -0.2) is 23.0 Å². The first-order valence-corrected chi connectivity index (χ1v) is 7.58. The van der Waals surface area contributed by atoms with Gasteiger partial charge in [0.1, 0.15) is 5.15 Å². The van der Waals surface area contributed by atoms with Gasteiger partial charge < -0.3 is 16.0 Å².